The minimum absolute atomic E-state index is 0.0503. The second kappa shape index (κ2) is 13.2. The van der Waals surface area contributed by atoms with Crippen LogP contribution in [-0.4, -0.2) is 11.8 Å². The molecule has 1 aliphatic heterocycles. The highest BCUT2D eigenvalue weighted by Crippen LogP contribution is 2.54. The molecule has 4 nitrogen and oxygen atoms in total. The molecule has 331 valence electrons. The standard InChI is InChI=1S/C63H54BN2O2/c1-60(2,3)34-18-20-35(21-19-34)65-49-30-43-41-28-46-47(62(6,7)27-26-61(46,4)5)32-54(41)68-53(43)31-40(49)37-22-23-39-57-50(25-24-45-56(57)38-15-10-12-16-44(38)63(45,8)9)66-51-33-55-42(29-48(51)64-58(37)59(39)66)36-14-11-13-17-52(36)67-55/h10-25,28-33,65H,26-27H2,1-9H3. The second-order valence-corrected chi connectivity index (χ2v) is 23.1. The van der Waals surface area contributed by atoms with Crippen LogP contribution in [0.4, 0.5) is 11.4 Å². The minimum Gasteiger partial charge on any atom is -0.456 e. The van der Waals surface area contributed by atoms with E-state index in [1.807, 2.05) is 0 Å². The van der Waals surface area contributed by atoms with Crippen molar-refractivity contribution in [3.8, 4) is 27.9 Å². The normalized spacial score (nSPS) is 16.4. The summed E-state index contributed by atoms with van der Waals surface area (Å²) in [6, 6.07) is 50.1. The molecule has 4 heterocycles. The van der Waals surface area contributed by atoms with Crippen molar-refractivity contribution in [1.29, 1.82) is 0 Å². The Bertz CT molecular complexity index is 4030. The average Bonchev–Trinajstić information content (AvgIpc) is 4.03. The van der Waals surface area contributed by atoms with Crippen molar-refractivity contribution in [1.82, 2.24) is 4.57 Å². The molecule has 11 aromatic rings. The fraction of sp³-hybridized carbons (Fsp3) is 0.238. The van der Waals surface area contributed by atoms with Gasteiger partial charge >= 0.3 is 0 Å². The summed E-state index contributed by atoms with van der Waals surface area (Å²) in [6.45, 7) is 21.2. The molecule has 8 aromatic carbocycles. The lowest BCUT2D eigenvalue weighted by atomic mass is 9.59. The molecule has 0 unspecified atom stereocenters. The lowest BCUT2D eigenvalue weighted by molar-refractivity contribution is 0.332. The molecular formula is C63H54BN2O2. The van der Waals surface area contributed by atoms with Gasteiger partial charge in [-0.15, -0.1) is 0 Å². The number of rotatable bonds is 3. The maximum atomic E-state index is 7.03. The molecule has 5 heteroatoms. The quantitative estimate of drug-likeness (QED) is 0.180. The number of para-hydroxylation sites is 1. The van der Waals surface area contributed by atoms with E-state index in [4.69, 9.17) is 8.83 Å². The van der Waals surface area contributed by atoms with Gasteiger partial charge in [0.05, 0.1) is 5.52 Å². The fourth-order valence-electron chi connectivity index (χ4n) is 12.7. The molecule has 1 radical (unpaired) electrons. The number of hydrogen-bond acceptors (Lipinski definition) is 3. The Kier molecular flexibility index (Phi) is 7.77. The topological polar surface area (TPSA) is 43.2 Å². The SMILES string of the molecule is CC(C)(C)c1ccc(Nc2cc3c(cc2-c2ccc4c5c6c(ccc5n5c4c2[B]c2cc4c(cc2-5)oc2ccccc24)C(C)(C)c2ccccc2-6)oc2cc4c(cc23)C(C)(C)CCC4(C)C)cc1. The van der Waals surface area contributed by atoms with E-state index in [0.29, 0.717) is 0 Å². The van der Waals surface area contributed by atoms with Crippen molar-refractivity contribution < 1.29 is 8.83 Å². The van der Waals surface area contributed by atoms with Gasteiger partial charge in [0.1, 0.15) is 22.3 Å². The van der Waals surface area contributed by atoms with Crippen LogP contribution in [0.2, 0.25) is 0 Å². The predicted octanol–water partition coefficient (Wildman–Crippen LogP) is 15.9. The molecule has 14 rings (SSSR count). The number of nitrogens with zero attached hydrogens (tertiary/aromatic N) is 1. The highest BCUT2D eigenvalue weighted by molar-refractivity contribution is 6.74. The Morgan fingerprint density at radius 1 is 0.544 bits per heavy atom. The molecule has 68 heavy (non-hydrogen) atoms. The number of fused-ring (bicyclic) bond motifs is 16. The van der Waals surface area contributed by atoms with Gasteiger partial charge in [-0.1, -0.05) is 147 Å². The van der Waals surface area contributed by atoms with Gasteiger partial charge in [0, 0.05) is 71.9 Å². The molecule has 2 aliphatic carbocycles. The highest BCUT2D eigenvalue weighted by atomic mass is 16.3. The molecule has 0 saturated heterocycles. The van der Waals surface area contributed by atoms with E-state index in [1.54, 1.807) is 0 Å². The maximum absolute atomic E-state index is 7.03. The maximum Gasteiger partial charge on any atom is 0.197 e. The number of nitrogens with one attached hydrogen (secondary N) is 1. The van der Waals surface area contributed by atoms with Crippen LogP contribution in [-0.2, 0) is 21.7 Å². The number of furan rings is 2. The number of hydrogen-bond donors (Lipinski definition) is 1. The van der Waals surface area contributed by atoms with Gasteiger partial charge in [-0.2, -0.15) is 0 Å². The Morgan fingerprint density at radius 3 is 2.01 bits per heavy atom. The van der Waals surface area contributed by atoms with Crippen LogP contribution in [0, 0.1) is 0 Å². The van der Waals surface area contributed by atoms with Crippen LogP contribution in [0.5, 0.6) is 0 Å². The summed E-state index contributed by atoms with van der Waals surface area (Å²) in [7, 11) is 2.44. The molecule has 0 amide bonds. The van der Waals surface area contributed by atoms with Gasteiger partial charge in [0.2, 0.25) is 0 Å². The van der Waals surface area contributed by atoms with Crippen LogP contribution in [0.15, 0.2) is 142 Å². The van der Waals surface area contributed by atoms with E-state index in [2.05, 4.69) is 213 Å². The van der Waals surface area contributed by atoms with E-state index in [0.717, 1.165) is 85.0 Å². The number of benzene rings is 8. The zero-order chi connectivity index (χ0) is 46.4. The Hall–Kier alpha value is -6.98. The molecule has 0 bridgehead atoms. The third kappa shape index (κ3) is 5.39. The third-order valence-corrected chi connectivity index (χ3v) is 16.6. The Balaban J connectivity index is 1.07. The van der Waals surface area contributed by atoms with Crippen LogP contribution >= 0.6 is 0 Å². The van der Waals surface area contributed by atoms with Gasteiger partial charge in [-0.3, -0.25) is 0 Å². The molecule has 3 aromatic heterocycles. The summed E-state index contributed by atoms with van der Waals surface area (Å²) in [4.78, 5) is 0. The third-order valence-electron chi connectivity index (χ3n) is 16.6. The van der Waals surface area contributed by atoms with Crippen LogP contribution in [0.3, 0.4) is 0 Å². The Morgan fingerprint density at radius 2 is 1.22 bits per heavy atom. The van der Waals surface area contributed by atoms with Crippen molar-refractivity contribution in [3.05, 3.63) is 161 Å². The highest BCUT2D eigenvalue weighted by Gasteiger charge is 2.40. The number of anilines is 2. The zero-order valence-electron chi connectivity index (χ0n) is 40.5. The van der Waals surface area contributed by atoms with Crippen molar-refractivity contribution in [2.75, 3.05) is 5.32 Å². The van der Waals surface area contributed by atoms with E-state index >= 15 is 0 Å². The summed E-state index contributed by atoms with van der Waals surface area (Å²) in [5.74, 6) is 0. The van der Waals surface area contributed by atoms with Crippen LogP contribution < -0.4 is 16.2 Å². The Labute approximate surface area is 398 Å². The van der Waals surface area contributed by atoms with E-state index in [1.165, 1.54) is 71.6 Å². The number of aromatic nitrogens is 1. The van der Waals surface area contributed by atoms with Crippen molar-refractivity contribution >= 4 is 95.3 Å². The lowest BCUT2D eigenvalue weighted by Crippen LogP contribution is -2.37. The van der Waals surface area contributed by atoms with Gasteiger partial charge in [-0.05, 0) is 128 Å². The fourth-order valence-corrected chi connectivity index (χ4v) is 12.7. The van der Waals surface area contributed by atoms with Gasteiger partial charge < -0.3 is 18.7 Å². The van der Waals surface area contributed by atoms with Gasteiger partial charge in [0.15, 0.2) is 7.28 Å². The first kappa shape index (κ1) is 40.1. The van der Waals surface area contributed by atoms with Gasteiger partial charge in [-0.25, -0.2) is 0 Å². The zero-order valence-corrected chi connectivity index (χ0v) is 40.5. The molecule has 0 fully saturated rings. The summed E-state index contributed by atoms with van der Waals surface area (Å²) >= 11 is 0. The predicted molar refractivity (Wildman–Crippen MR) is 287 cm³/mol. The first-order chi connectivity index (χ1) is 32.5. The summed E-state index contributed by atoms with van der Waals surface area (Å²) < 4.78 is 16.2. The average molecular weight is 882 g/mol. The summed E-state index contributed by atoms with van der Waals surface area (Å²) in [5.41, 5.74) is 23.6. The van der Waals surface area contributed by atoms with E-state index in [9.17, 15) is 0 Å². The largest absolute Gasteiger partial charge is 0.456 e. The smallest absolute Gasteiger partial charge is 0.197 e. The molecule has 0 saturated carbocycles. The summed E-state index contributed by atoms with van der Waals surface area (Å²) in [5, 5.41) is 11.1. The molecule has 0 atom stereocenters. The van der Waals surface area contributed by atoms with Crippen molar-refractivity contribution in [3.63, 3.8) is 0 Å². The summed E-state index contributed by atoms with van der Waals surface area (Å²) in [6.07, 6.45) is 2.31. The molecule has 0 spiro atoms. The minimum atomic E-state index is -0.125. The lowest BCUT2D eigenvalue weighted by Gasteiger charge is -2.41. The van der Waals surface area contributed by atoms with Crippen molar-refractivity contribution in [2.24, 2.45) is 0 Å². The van der Waals surface area contributed by atoms with E-state index < -0.39 is 0 Å². The van der Waals surface area contributed by atoms with E-state index in [-0.39, 0.29) is 21.7 Å². The molecule has 3 aliphatic rings. The van der Waals surface area contributed by atoms with Crippen molar-refractivity contribution in [2.45, 2.75) is 96.8 Å². The van der Waals surface area contributed by atoms with Crippen LogP contribution in [0.1, 0.15) is 103 Å². The van der Waals surface area contributed by atoms with Gasteiger partial charge in [0.25, 0.3) is 0 Å². The molecular weight excluding hydrogens is 828 g/mol. The van der Waals surface area contributed by atoms with Crippen LogP contribution in [0.25, 0.3) is 93.6 Å². The first-order valence-corrected chi connectivity index (χ1v) is 24.5. The first-order valence-electron chi connectivity index (χ1n) is 24.5. The monoisotopic (exact) mass is 881 g/mol. The molecule has 1 N–H and O–H groups in total. The second-order valence-electron chi connectivity index (χ2n) is 23.1.